The van der Waals surface area contributed by atoms with Crippen molar-refractivity contribution < 1.29 is 0 Å². The van der Waals surface area contributed by atoms with Crippen LogP contribution in [0.4, 0.5) is 11.8 Å². The number of nitrogens with zero attached hydrogens (tertiary/aromatic N) is 6. The predicted molar refractivity (Wildman–Crippen MR) is 93.2 cm³/mol. The summed E-state index contributed by atoms with van der Waals surface area (Å²) in [4.78, 5) is 21.6. The van der Waals surface area contributed by atoms with Crippen molar-refractivity contribution in [3.05, 3.63) is 41.3 Å². The fourth-order valence-corrected chi connectivity index (χ4v) is 2.65. The van der Waals surface area contributed by atoms with Crippen molar-refractivity contribution in [2.24, 2.45) is 4.99 Å². The molecule has 0 saturated heterocycles. The number of aromatic nitrogens is 5. The fourth-order valence-electron chi connectivity index (χ4n) is 2.50. The number of aryl methyl sites for hydroxylation is 1. The summed E-state index contributed by atoms with van der Waals surface area (Å²) in [7, 11) is 0. The van der Waals surface area contributed by atoms with Crippen molar-refractivity contribution in [3.63, 3.8) is 0 Å². The van der Waals surface area contributed by atoms with Crippen molar-refractivity contribution in [3.8, 4) is 11.5 Å². The van der Waals surface area contributed by atoms with E-state index >= 15 is 0 Å². The molecule has 120 valence electrons. The van der Waals surface area contributed by atoms with Crippen molar-refractivity contribution in [1.29, 1.82) is 0 Å². The molecule has 1 aliphatic heterocycles. The molecule has 0 fully saturated rings. The number of pyridine rings is 1. The second-order valence-corrected chi connectivity index (χ2v) is 5.64. The second kappa shape index (κ2) is 5.57. The quantitative estimate of drug-likeness (QED) is 0.740. The Morgan fingerprint density at radius 3 is 2.88 bits per heavy atom. The van der Waals surface area contributed by atoms with E-state index in [0.29, 0.717) is 40.4 Å². The van der Waals surface area contributed by atoms with E-state index in [1.165, 1.54) is 0 Å². The monoisotopic (exact) mass is 340 g/mol. The van der Waals surface area contributed by atoms with Gasteiger partial charge in [-0.25, -0.2) is 9.97 Å². The van der Waals surface area contributed by atoms with Crippen molar-refractivity contribution in [2.45, 2.75) is 6.92 Å². The maximum absolute atomic E-state index is 6.08. The number of hydrogen-bond acceptors (Lipinski definition) is 7. The van der Waals surface area contributed by atoms with E-state index < -0.39 is 0 Å². The summed E-state index contributed by atoms with van der Waals surface area (Å²) in [5, 5.41) is 3.80. The van der Waals surface area contributed by atoms with E-state index in [1.807, 2.05) is 22.7 Å². The van der Waals surface area contributed by atoms with E-state index in [0.717, 1.165) is 5.84 Å². The number of aliphatic imine (C=N–C) groups is 1. The zero-order valence-electron chi connectivity index (χ0n) is 12.7. The minimum absolute atomic E-state index is 0.158. The Kier molecular flexibility index (Phi) is 3.39. The predicted octanol–water partition coefficient (Wildman–Crippen LogP) is 2.11. The topological polar surface area (TPSA) is 106 Å². The third kappa shape index (κ3) is 2.56. The van der Waals surface area contributed by atoms with Crippen LogP contribution in [0, 0.1) is 6.92 Å². The standard InChI is InChI=1S/C15H13ClN8/c1-8-19-13(23-15(17)20-8)12-14(21-10-3-2-5-18-10)22-11-7-9(16)4-6-24(11)12/h2-4,6-7H,5H2,1H3,(H,18,21)(H2,17,19,20,23). The summed E-state index contributed by atoms with van der Waals surface area (Å²) >= 11 is 6.08. The molecule has 3 aromatic heterocycles. The van der Waals surface area contributed by atoms with E-state index in [4.69, 9.17) is 17.3 Å². The maximum atomic E-state index is 6.08. The summed E-state index contributed by atoms with van der Waals surface area (Å²) in [5.41, 5.74) is 7.11. The van der Waals surface area contributed by atoms with E-state index in [-0.39, 0.29) is 5.95 Å². The van der Waals surface area contributed by atoms with Gasteiger partial charge in [0.1, 0.15) is 23.0 Å². The van der Waals surface area contributed by atoms with E-state index in [9.17, 15) is 0 Å². The van der Waals surface area contributed by atoms with Gasteiger partial charge in [0.25, 0.3) is 0 Å². The molecular formula is C15H13ClN8. The first-order valence-electron chi connectivity index (χ1n) is 7.24. The van der Waals surface area contributed by atoms with Crippen LogP contribution in [0.2, 0.25) is 5.02 Å². The van der Waals surface area contributed by atoms with Gasteiger partial charge >= 0.3 is 0 Å². The number of nitrogen functional groups attached to an aromatic ring is 1. The molecule has 1 aliphatic rings. The highest BCUT2D eigenvalue weighted by Gasteiger charge is 2.19. The van der Waals surface area contributed by atoms with Gasteiger partial charge in [-0.15, -0.1) is 0 Å². The SMILES string of the molecule is Cc1nc(N)nc(-c2c(NC3=NCC=C3)nc3cc(Cl)ccn23)n1. The average molecular weight is 341 g/mol. The van der Waals surface area contributed by atoms with Crippen molar-refractivity contribution in [2.75, 3.05) is 17.6 Å². The number of imidazole rings is 1. The lowest BCUT2D eigenvalue weighted by Gasteiger charge is -2.06. The lowest BCUT2D eigenvalue weighted by Crippen LogP contribution is -2.10. The van der Waals surface area contributed by atoms with Crippen LogP contribution in [0.1, 0.15) is 5.82 Å². The average Bonchev–Trinajstić information content (AvgIpc) is 3.13. The Morgan fingerprint density at radius 1 is 1.25 bits per heavy atom. The summed E-state index contributed by atoms with van der Waals surface area (Å²) < 4.78 is 1.85. The number of amidine groups is 1. The molecule has 0 aliphatic carbocycles. The highest BCUT2D eigenvalue weighted by atomic mass is 35.5. The van der Waals surface area contributed by atoms with Crippen molar-refractivity contribution >= 4 is 34.8 Å². The molecule has 24 heavy (non-hydrogen) atoms. The molecule has 0 aromatic carbocycles. The van der Waals surface area contributed by atoms with Gasteiger partial charge in [0.2, 0.25) is 5.95 Å². The lowest BCUT2D eigenvalue weighted by atomic mass is 10.3. The Morgan fingerprint density at radius 2 is 2.12 bits per heavy atom. The highest BCUT2D eigenvalue weighted by molar-refractivity contribution is 6.30. The van der Waals surface area contributed by atoms with Gasteiger partial charge < -0.3 is 11.1 Å². The molecule has 0 saturated carbocycles. The molecule has 9 heteroatoms. The van der Waals surface area contributed by atoms with Crippen LogP contribution in [0.25, 0.3) is 17.2 Å². The van der Waals surface area contributed by atoms with E-state index in [2.05, 4.69) is 30.2 Å². The zero-order valence-corrected chi connectivity index (χ0v) is 13.5. The third-order valence-electron chi connectivity index (χ3n) is 3.45. The highest BCUT2D eigenvalue weighted by Crippen LogP contribution is 2.28. The number of halogens is 1. The number of anilines is 2. The van der Waals surface area contributed by atoms with Gasteiger partial charge in [0, 0.05) is 17.3 Å². The van der Waals surface area contributed by atoms with Crippen LogP contribution in [0.15, 0.2) is 35.5 Å². The van der Waals surface area contributed by atoms with Gasteiger partial charge in [0.05, 0.1) is 6.54 Å². The first kappa shape index (κ1) is 14.6. The second-order valence-electron chi connectivity index (χ2n) is 5.20. The number of hydrogen-bond donors (Lipinski definition) is 2. The molecule has 0 unspecified atom stereocenters. The van der Waals surface area contributed by atoms with Gasteiger partial charge in [-0.1, -0.05) is 17.7 Å². The van der Waals surface area contributed by atoms with Gasteiger partial charge in [0.15, 0.2) is 11.6 Å². The number of nitrogens with one attached hydrogen (secondary N) is 1. The molecular weight excluding hydrogens is 328 g/mol. The first-order valence-corrected chi connectivity index (χ1v) is 7.62. The summed E-state index contributed by atoms with van der Waals surface area (Å²) in [6.07, 6.45) is 5.67. The fraction of sp³-hybridized carbons (Fsp3) is 0.133. The van der Waals surface area contributed by atoms with Gasteiger partial charge in [-0.2, -0.15) is 9.97 Å². The Labute approximate surface area is 142 Å². The Balaban J connectivity index is 1.94. The molecule has 3 N–H and O–H groups in total. The number of fused-ring (bicyclic) bond motifs is 1. The Bertz CT molecular complexity index is 984. The minimum atomic E-state index is 0.158. The lowest BCUT2D eigenvalue weighted by molar-refractivity contribution is 0.983. The molecule has 4 heterocycles. The molecule has 0 atom stereocenters. The van der Waals surface area contributed by atoms with Crippen LogP contribution in [-0.2, 0) is 0 Å². The van der Waals surface area contributed by atoms with Gasteiger partial charge in [-0.05, 0) is 19.1 Å². The third-order valence-corrected chi connectivity index (χ3v) is 3.69. The zero-order chi connectivity index (χ0) is 16.7. The van der Waals surface area contributed by atoms with Crippen LogP contribution >= 0.6 is 11.6 Å². The largest absolute Gasteiger partial charge is 0.368 e. The van der Waals surface area contributed by atoms with Gasteiger partial charge in [-0.3, -0.25) is 9.39 Å². The maximum Gasteiger partial charge on any atom is 0.223 e. The Hall–Kier alpha value is -3.00. The molecule has 0 amide bonds. The summed E-state index contributed by atoms with van der Waals surface area (Å²) in [6, 6.07) is 3.54. The minimum Gasteiger partial charge on any atom is -0.368 e. The summed E-state index contributed by atoms with van der Waals surface area (Å²) in [6.45, 7) is 2.41. The van der Waals surface area contributed by atoms with E-state index in [1.54, 1.807) is 19.1 Å². The number of rotatable bonds is 2. The molecule has 8 nitrogen and oxygen atoms in total. The molecule has 3 aromatic rings. The normalized spacial score (nSPS) is 13.5. The number of nitrogens with two attached hydrogens (primary N) is 1. The molecule has 0 bridgehead atoms. The molecule has 4 rings (SSSR count). The van der Waals surface area contributed by atoms with Crippen LogP contribution in [0.3, 0.4) is 0 Å². The molecule has 0 spiro atoms. The summed E-state index contributed by atoms with van der Waals surface area (Å²) in [5.74, 6) is 2.42. The van der Waals surface area contributed by atoms with Crippen LogP contribution < -0.4 is 11.1 Å². The first-order chi connectivity index (χ1) is 11.6. The van der Waals surface area contributed by atoms with Crippen molar-refractivity contribution in [1.82, 2.24) is 24.3 Å². The smallest absolute Gasteiger partial charge is 0.223 e. The van der Waals surface area contributed by atoms with Crippen LogP contribution in [-0.4, -0.2) is 36.7 Å². The van der Waals surface area contributed by atoms with Crippen LogP contribution in [0.5, 0.6) is 0 Å². The molecule has 0 radical (unpaired) electrons.